The van der Waals surface area contributed by atoms with E-state index in [2.05, 4.69) is 27.0 Å². The highest BCUT2D eigenvalue weighted by Gasteiger charge is 2.25. The SMILES string of the molecule is CC1CCN(c2n[nH]c(-c3ccc(Cl)c(Cl)c3)n2)CC1N. The molecule has 1 aliphatic rings. The first-order valence-corrected chi connectivity index (χ1v) is 7.68. The van der Waals surface area contributed by atoms with Gasteiger partial charge in [-0.05, 0) is 30.5 Å². The van der Waals surface area contributed by atoms with Crippen LogP contribution in [0.2, 0.25) is 10.0 Å². The summed E-state index contributed by atoms with van der Waals surface area (Å²) in [6, 6.07) is 5.55. The van der Waals surface area contributed by atoms with E-state index in [1.54, 1.807) is 12.1 Å². The van der Waals surface area contributed by atoms with Gasteiger partial charge in [-0.3, -0.25) is 5.10 Å². The van der Waals surface area contributed by atoms with Gasteiger partial charge in [-0.15, -0.1) is 5.10 Å². The van der Waals surface area contributed by atoms with Crippen molar-refractivity contribution in [1.29, 1.82) is 0 Å². The molecule has 1 fully saturated rings. The number of nitrogens with zero attached hydrogens (tertiary/aromatic N) is 3. The molecule has 0 aliphatic carbocycles. The molecule has 1 aromatic heterocycles. The van der Waals surface area contributed by atoms with Crippen molar-refractivity contribution in [3.8, 4) is 11.4 Å². The molecule has 3 rings (SSSR count). The smallest absolute Gasteiger partial charge is 0.245 e. The van der Waals surface area contributed by atoms with Crippen LogP contribution in [0.15, 0.2) is 18.2 Å². The zero-order valence-corrected chi connectivity index (χ0v) is 13.2. The quantitative estimate of drug-likeness (QED) is 0.890. The lowest BCUT2D eigenvalue weighted by Crippen LogP contribution is -2.48. The fraction of sp³-hybridized carbons (Fsp3) is 0.429. The van der Waals surface area contributed by atoms with Gasteiger partial charge in [0.25, 0.3) is 0 Å². The van der Waals surface area contributed by atoms with Gasteiger partial charge in [-0.1, -0.05) is 30.1 Å². The van der Waals surface area contributed by atoms with Crippen LogP contribution in [0.4, 0.5) is 5.95 Å². The molecule has 0 bridgehead atoms. The molecule has 2 aromatic rings. The van der Waals surface area contributed by atoms with Crippen LogP contribution in [-0.4, -0.2) is 34.3 Å². The summed E-state index contributed by atoms with van der Waals surface area (Å²) in [7, 11) is 0. The number of hydrogen-bond acceptors (Lipinski definition) is 4. The van der Waals surface area contributed by atoms with Crippen LogP contribution >= 0.6 is 23.2 Å². The van der Waals surface area contributed by atoms with E-state index >= 15 is 0 Å². The number of nitrogens with one attached hydrogen (secondary N) is 1. The van der Waals surface area contributed by atoms with Crippen molar-refractivity contribution in [3.63, 3.8) is 0 Å². The maximum absolute atomic E-state index is 6.12. The topological polar surface area (TPSA) is 70.8 Å². The second kappa shape index (κ2) is 5.83. The summed E-state index contributed by atoms with van der Waals surface area (Å²) in [6.07, 6.45) is 1.05. The van der Waals surface area contributed by atoms with Gasteiger partial charge < -0.3 is 10.6 Å². The predicted molar refractivity (Wildman–Crippen MR) is 85.8 cm³/mol. The Balaban J connectivity index is 1.81. The highest BCUT2D eigenvalue weighted by atomic mass is 35.5. The van der Waals surface area contributed by atoms with E-state index in [-0.39, 0.29) is 6.04 Å². The molecule has 5 nitrogen and oxygen atoms in total. The summed E-state index contributed by atoms with van der Waals surface area (Å²) < 4.78 is 0. The third-order valence-corrected chi connectivity index (χ3v) is 4.70. The van der Waals surface area contributed by atoms with Crippen LogP contribution in [0.25, 0.3) is 11.4 Å². The molecular formula is C14H17Cl2N5. The van der Waals surface area contributed by atoms with Crippen molar-refractivity contribution in [2.75, 3.05) is 18.0 Å². The highest BCUT2D eigenvalue weighted by Crippen LogP contribution is 2.28. The molecule has 0 amide bonds. The number of piperidine rings is 1. The largest absolute Gasteiger partial charge is 0.338 e. The molecule has 0 saturated carbocycles. The predicted octanol–water partition coefficient (Wildman–Crippen LogP) is 2.95. The third kappa shape index (κ3) is 3.00. The minimum absolute atomic E-state index is 0.158. The Hall–Kier alpha value is -1.30. The van der Waals surface area contributed by atoms with E-state index in [4.69, 9.17) is 28.9 Å². The van der Waals surface area contributed by atoms with Crippen molar-refractivity contribution < 1.29 is 0 Å². The number of anilines is 1. The van der Waals surface area contributed by atoms with E-state index in [1.165, 1.54) is 0 Å². The van der Waals surface area contributed by atoms with E-state index in [9.17, 15) is 0 Å². The summed E-state index contributed by atoms with van der Waals surface area (Å²) in [5.74, 6) is 1.89. The van der Waals surface area contributed by atoms with Gasteiger partial charge in [-0.25, -0.2) is 0 Å². The maximum atomic E-state index is 6.12. The van der Waals surface area contributed by atoms with E-state index in [0.29, 0.717) is 27.7 Å². The first-order chi connectivity index (χ1) is 10.0. The Morgan fingerprint density at radius 2 is 2.14 bits per heavy atom. The Bertz CT molecular complexity index is 642. The van der Waals surface area contributed by atoms with Crippen molar-refractivity contribution >= 4 is 29.2 Å². The molecule has 2 heterocycles. The van der Waals surface area contributed by atoms with Gasteiger partial charge in [0.1, 0.15) is 0 Å². The molecule has 2 atom stereocenters. The average molecular weight is 326 g/mol. The fourth-order valence-corrected chi connectivity index (χ4v) is 2.75. The first-order valence-electron chi connectivity index (χ1n) is 6.93. The molecule has 0 spiro atoms. The molecule has 3 N–H and O–H groups in total. The summed E-state index contributed by atoms with van der Waals surface area (Å²) >= 11 is 12.0. The lowest BCUT2D eigenvalue weighted by molar-refractivity contribution is 0.376. The summed E-state index contributed by atoms with van der Waals surface area (Å²) in [5, 5.41) is 8.26. The molecule has 21 heavy (non-hydrogen) atoms. The van der Waals surface area contributed by atoms with Crippen molar-refractivity contribution in [1.82, 2.24) is 15.2 Å². The van der Waals surface area contributed by atoms with E-state index < -0.39 is 0 Å². The van der Waals surface area contributed by atoms with Crippen LogP contribution in [-0.2, 0) is 0 Å². The summed E-state index contributed by atoms with van der Waals surface area (Å²) in [6.45, 7) is 3.88. The number of hydrogen-bond donors (Lipinski definition) is 2. The molecule has 112 valence electrons. The molecule has 1 aromatic carbocycles. The standard InChI is InChI=1S/C14H17Cl2N5/c1-8-4-5-21(7-12(8)17)14-18-13(19-20-14)9-2-3-10(15)11(16)6-9/h2-3,6,8,12H,4-5,7,17H2,1H3,(H,18,19,20). The van der Waals surface area contributed by atoms with E-state index in [0.717, 1.165) is 25.1 Å². The maximum Gasteiger partial charge on any atom is 0.245 e. The Kier molecular flexibility index (Phi) is 4.06. The Morgan fingerprint density at radius 3 is 2.86 bits per heavy atom. The monoisotopic (exact) mass is 325 g/mol. The van der Waals surface area contributed by atoms with Crippen LogP contribution < -0.4 is 10.6 Å². The molecule has 1 aliphatic heterocycles. The fourth-order valence-electron chi connectivity index (χ4n) is 2.45. The zero-order valence-electron chi connectivity index (χ0n) is 11.7. The van der Waals surface area contributed by atoms with Gasteiger partial charge in [0.2, 0.25) is 5.95 Å². The van der Waals surface area contributed by atoms with Gasteiger partial charge in [-0.2, -0.15) is 4.98 Å². The average Bonchev–Trinajstić information content (AvgIpc) is 2.94. The lowest BCUT2D eigenvalue weighted by atomic mass is 9.95. The summed E-state index contributed by atoms with van der Waals surface area (Å²) in [5.41, 5.74) is 6.98. The number of nitrogens with two attached hydrogens (primary N) is 1. The Morgan fingerprint density at radius 1 is 1.33 bits per heavy atom. The van der Waals surface area contributed by atoms with Crippen molar-refractivity contribution in [2.24, 2.45) is 11.7 Å². The minimum atomic E-state index is 0.158. The number of aromatic amines is 1. The second-order valence-electron chi connectivity index (χ2n) is 5.49. The minimum Gasteiger partial charge on any atom is -0.338 e. The molecule has 2 unspecified atom stereocenters. The van der Waals surface area contributed by atoms with E-state index in [1.807, 2.05) is 6.07 Å². The third-order valence-electron chi connectivity index (χ3n) is 3.97. The zero-order chi connectivity index (χ0) is 15.0. The normalized spacial score (nSPS) is 22.6. The summed E-state index contributed by atoms with van der Waals surface area (Å²) in [4.78, 5) is 6.65. The van der Waals surface area contributed by atoms with Gasteiger partial charge in [0, 0.05) is 24.7 Å². The Labute approximate surface area is 133 Å². The lowest BCUT2D eigenvalue weighted by Gasteiger charge is -2.34. The number of rotatable bonds is 2. The van der Waals surface area contributed by atoms with Gasteiger partial charge >= 0.3 is 0 Å². The highest BCUT2D eigenvalue weighted by molar-refractivity contribution is 6.42. The molecule has 0 radical (unpaired) electrons. The van der Waals surface area contributed by atoms with Gasteiger partial charge in [0.15, 0.2) is 5.82 Å². The van der Waals surface area contributed by atoms with Crippen LogP contribution in [0, 0.1) is 5.92 Å². The number of benzene rings is 1. The van der Waals surface area contributed by atoms with Crippen molar-refractivity contribution in [2.45, 2.75) is 19.4 Å². The molecule has 7 heteroatoms. The van der Waals surface area contributed by atoms with Crippen LogP contribution in [0.3, 0.4) is 0 Å². The number of H-pyrrole nitrogens is 1. The van der Waals surface area contributed by atoms with Gasteiger partial charge in [0.05, 0.1) is 10.0 Å². The second-order valence-corrected chi connectivity index (χ2v) is 6.30. The number of aromatic nitrogens is 3. The molecule has 1 saturated heterocycles. The van der Waals surface area contributed by atoms with Crippen LogP contribution in [0.1, 0.15) is 13.3 Å². The first kappa shape index (κ1) is 14.6. The molecular weight excluding hydrogens is 309 g/mol. The number of halogens is 2. The van der Waals surface area contributed by atoms with Crippen molar-refractivity contribution in [3.05, 3.63) is 28.2 Å². The van der Waals surface area contributed by atoms with Crippen LogP contribution in [0.5, 0.6) is 0 Å².